The Bertz CT molecular complexity index is 521. The lowest BCUT2D eigenvalue weighted by molar-refractivity contribution is -0.0373. The first-order valence-corrected chi connectivity index (χ1v) is 6.82. The zero-order valence-corrected chi connectivity index (χ0v) is 11.8. The predicted octanol–water partition coefficient (Wildman–Crippen LogP) is 2.13. The summed E-state index contributed by atoms with van der Waals surface area (Å²) in [6.07, 6.45) is 2.97. The molecule has 1 aromatic carbocycles. The predicted molar refractivity (Wildman–Crippen MR) is 74.5 cm³/mol. The quantitative estimate of drug-likeness (QED) is 0.913. The Balaban J connectivity index is 1.89. The molecule has 0 amide bonds. The van der Waals surface area contributed by atoms with Crippen molar-refractivity contribution < 1.29 is 19.0 Å². The largest absolute Gasteiger partial charge is 0.493 e. The fourth-order valence-corrected chi connectivity index (χ4v) is 2.49. The smallest absolute Gasteiger partial charge is 0.161 e. The van der Waals surface area contributed by atoms with Crippen molar-refractivity contribution >= 4 is 5.70 Å². The molecule has 1 atom stereocenters. The van der Waals surface area contributed by atoms with Gasteiger partial charge in [0, 0.05) is 18.6 Å². The standard InChI is InChI=1S/C15H19NO4/c1-3-19-14-8-11(4-5-13(14)17-2)12-9-15(20-16-12)6-7-18-10-15/h4-5,8-9,16H,3,6-7,10H2,1-2H3. The fourth-order valence-electron chi connectivity index (χ4n) is 2.49. The zero-order chi connectivity index (χ0) is 14.0. The summed E-state index contributed by atoms with van der Waals surface area (Å²) in [6.45, 7) is 3.88. The van der Waals surface area contributed by atoms with Gasteiger partial charge in [0.05, 0.1) is 26.0 Å². The summed E-state index contributed by atoms with van der Waals surface area (Å²) < 4.78 is 16.3. The molecule has 1 spiro atoms. The second-order valence-corrected chi connectivity index (χ2v) is 4.93. The maximum atomic E-state index is 5.69. The van der Waals surface area contributed by atoms with Crippen LogP contribution < -0.4 is 15.0 Å². The molecule has 0 aromatic heterocycles. The molecule has 0 radical (unpaired) electrons. The minimum atomic E-state index is -0.318. The SMILES string of the molecule is CCOc1cc(C2=CC3(CCOC3)ON2)ccc1OC. The van der Waals surface area contributed by atoms with Crippen LogP contribution >= 0.6 is 0 Å². The van der Waals surface area contributed by atoms with Gasteiger partial charge in [-0.15, -0.1) is 0 Å². The van der Waals surface area contributed by atoms with Crippen molar-refractivity contribution in [3.8, 4) is 11.5 Å². The van der Waals surface area contributed by atoms with E-state index in [0.717, 1.165) is 35.8 Å². The number of hydroxylamine groups is 1. The van der Waals surface area contributed by atoms with Gasteiger partial charge in [0.15, 0.2) is 11.5 Å². The van der Waals surface area contributed by atoms with E-state index in [1.165, 1.54) is 0 Å². The van der Waals surface area contributed by atoms with E-state index in [-0.39, 0.29) is 5.60 Å². The lowest BCUT2D eigenvalue weighted by Crippen LogP contribution is -2.29. The molecule has 0 aliphatic carbocycles. The van der Waals surface area contributed by atoms with Crippen LogP contribution in [-0.4, -0.2) is 32.5 Å². The summed E-state index contributed by atoms with van der Waals surface area (Å²) in [7, 11) is 1.64. The van der Waals surface area contributed by atoms with E-state index in [9.17, 15) is 0 Å². The topological polar surface area (TPSA) is 49.0 Å². The van der Waals surface area contributed by atoms with Crippen molar-refractivity contribution in [2.75, 3.05) is 26.9 Å². The highest BCUT2D eigenvalue weighted by molar-refractivity contribution is 5.68. The van der Waals surface area contributed by atoms with Gasteiger partial charge in [-0.2, -0.15) is 0 Å². The van der Waals surface area contributed by atoms with Crippen LogP contribution in [0.1, 0.15) is 18.9 Å². The highest BCUT2D eigenvalue weighted by Gasteiger charge is 2.39. The first-order chi connectivity index (χ1) is 9.76. The molecule has 0 bridgehead atoms. The Labute approximate surface area is 118 Å². The number of hydrogen-bond donors (Lipinski definition) is 1. The molecule has 2 aliphatic rings. The second-order valence-electron chi connectivity index (χ2n) is 4.93. The van der Waals surface area contributed by atoms with Gasteiger partial charge in [-0.3, -0.25) is 10.3 Å². The molecule has 5 nitrogen and oxygen atoms in total. The van der Waals surface area contributed by atoms with Crippen molar-refractivity contribution in [3.05, 3.63) is 29.8 Å². The average molecular weight is 277 g/mol. The zero-order valence-electron chi connectivity index (χ0n) is 11.8. The molecule has 20 heavy (non-hydrogen) atoms. The second kappa shape index (κ2) is 5.34. The minimum Gasteiger partial charge on any atom is -0.493 e. The first kappa shape index (κ1) is 13.3. The van der Waals surface area contributed by atoms with Gasteiger partial charge in [-0.1, -0.05) is 0 Å². The number of benzene rings is 1. The average Bonchev–Trinajstić information content (AvgIpc) is 3.10. The highest BCUT2D eigenvalue weighted by atomic mass is 16.7. The highest BCUT2D eigenvalue weighted by Crippen LogP contribution is 2.35. The van der Waals surface area contributed by atoms with Crippen LogP contribution in [0.3, 0.4) is 0 Å². The van der Waals surface area contributed by atoms with Gasteiger partial charge in [0.1, 0.15) is 5.60 Å². The van der Waals surface area contributed by atoms with E-state index in [0.29, 0.717) is 13.2 Å². The van der Waals surface area contributed by atoms with Crippen LogP contribution in [0.5, 0.6) is 11.5 Å². The maximum absolute atomic E-state index is 5.69. The number of rotatable bonds is 4. The van der Waals surface area contributed by atoms with E-state index < -0.39 is 0 Å². The third-order valence-corrected chi connectivity index (χ3v) is 3.56. The molecule has 5 heteroatoms. The molecule has 1 fully saturated rings. The molecule has 3 rings (SSSR count). The molecule has 0 saturated carbocycles. The summed E-state index contributed by atoms with van der Waals surface area (Å²) in [5.74, 6) is 1.47. The Morgan fingerprint density at radius 3 is 2.95 bits per heavy atom. The Kier molecular flexibility index (Phi) is 3.54. The van der Waals surface area contributed by atoms with Crippen molar-refractivity contribution in [2.45, 2.75) is 18.9 Å². The van der Waals surface area contributed by atoms with Crippen molar-refractivity contribution in [1.82, 2.24) is 5.48 Å². The molecular formula is C15H19NO4. The fraction of sp³-hybridized carbons (Fsp3) is 0.467. The third kappa shape index (κ3) is 2.34. The molecule has 1 unspecified atom stereocenters. The van der Waals surface area contributed by atoms with E-state index in [2.05, 4.69) is 11.6 Å². The van der Waals surface area contributed by atoms with E-state index in [1.807, 2.05) is 25.1 Å². The molecular weight excluding hydrogens is 258 g/mol. The number of ether oxygens (including phenoxy) is 3. The number of methoxy groups -OCH3 is 1. The van der Waals surface area contributed by atoms with Gasteiger partial charge in [0.2, 0.25) is 0 Å². The van der Waals surface area contributed by atoms with Gasteiger partial charge < -0.3 is 14.2 Å². The lowest BCUT2D eigenvalue weighted by atomic mass is 10.0. The van der Waals surface area contributed by atoms with Crippen molar-refractivity contribution in [1.29, 1.82) is 0 Å². The van der Waals surface area contributed by atoms with Crippen LogP contribution in [0.15, 0.2) is 24.3 Å². The molecule has 1 aromatic rings. The Morgan fingerprint density at radius 1 is 1.35 bits per heavy atom. The Hall–Kier alpha value is -1.72. The molecule has 2 heterocycles. The van der Waals surface area contributed by atoms with Gasteiger partial charge in [-0.25, -0.2) is 0 Å². The van der Waals surface area contributed by atoms with E-state index in [1.54, 1.807) is 7.11 Å². The Morgan fingerprint density at radius 2 is 2.25 bits per heavy atom. The first-order valence-electron chi connectivity index (χ1n) is 6.82. The van der Waals surface area contributed by atoms with Gasteiger partial charge in [-0.05, 0) is 31.2 Å². The number of nitrogens with one attached hydrogen (secondary N) is 1. The number of hydrogen-bond acceptors (Lipinski definition) is 5. The van der Waals surface area contributed by atoms with Gasteiger partial charge >= 0.3 is 0 Å². The van der Waals surface area contributed by atoms with E-state index >= 15 is 0 Å². The lowest BCUT2D eigenvalue weighted by Gasteiger charge is -2.15. The maximum Gasteiger partial charge on any atom is 0.161 e. The molecule has 1 saturated heterocycles. The van der Waals surface area contributed by atoms with Crippen LogP contribution in [0.4, 0.5) is 0 Å². The molecule has 108 valence electrons. The summed E-state index contributed by atoms with van der Waals surface area (Å²) >= 11 is 0. The van der Waals surface area contributed by atoms with Crippen molar-refractivity contribution in [2.24, 2.45) is 0 Å². The third-order valence-electron chi connectivity index (χ3n) is 3.56. The molecule has 2 aliphatic heterocycles. The summed E-state index contributed by atoms with van der Waals surface area (Å²) in [4.78, 5) is 5.69. The minimum absolute atomic E-state index is 0.318. The monoisotopic (exact) mass is 277 g/mol. The van der Waals surface area contributed by atoms with Crippen LogP contribution in [0.25, 0.3) is 5.70 Å². The normalized spacial score (nSPS) is 24.6. The van der Waals surface area contributed by atoms with Crippen LogP contribution in [0.2, 0.25) is 0 Å². The summed E-state index contributed by atoms with van der Waals surface area (Å²) in [5.41, 5.74) is 4.63. The molecule has 1 N–H and O–H groups in total. The van der Waals surface area contributed by atoms with Crippen molar-refractivity contribution in [3.63, 3.8) is 0 Å². The van der Waals surface area contributed by atoms with Crippen LogP contribution in [0, 0.1) is 0 Å². The van der Waals surface area contributed by atoms with Crippen LogP contribution in [-0.2, 0) is 9.57 Å². The van der Waals surface area contributed by atoms with E-state index in [4.69, 9.17) is 19.0 Å². The summed E-state index contributed by atoms with van der Waals surface area (Å²) in [6, 6.07) is 5.84. The van der Waals surface area contributed by atoms with Gasteiger partial charge in [0.25, 0.3) is 0 Å². The summed E-state index contributed by atoms with van der Waals surface area (Å²) in [5, 5.41) is 0.